The smallest absolute Gasteiger partial charge is 0.343 e. The van der Waals surface area contributed by atoms with Crippen molar-refractivity contribution in [3.05, 3.63) is 57.7 Å². The molecule has 3 rings (SSSR count). The van der Waals surface area contributed by atoms with Gasteiger partial charge in [0.1, 0.15) is 5.75 Å². The van der Waals surface area contributed by atoms with Gasteiger partial charge < -0.3 is 4.74 Å². The molecular formula is C16H14INO4S. The second kappa shape index (κ2) is 6.48. The molecular weight excluding hydrogens is 429 g/mol. The number of rotatable bonds is 3. The van der Waals surface area contributed by atoms with Crippen molar-refractivity contribution in [1.29, 1.82) is 0 Å². The number of halogens is 1. The van der Waals surface area contributed by atoms with Gasteiger partial charge in [0, 0.05) is 10.1 Å². The minimum Gasteiger partial charge on any atom is -0.423 e. The molecule has 7 heteroatoms. The monoisotopic (exact) mass is 443 g/mol. The first-order chi connectivity index (χ1) is 11.0. The van der Waals surface area contributed by atoms with Crippen LogP contribution in [0, 0.1) is 3.57 Å². The van der Waals surface area contributed by atoms with Gasteiger partial charge in [-0.1, -0.05) is 0 Å². The lowest BCUT2D eigenvalue weighted by Gasteiger charge is -2.16. The average molecular weight is 443 g/mol. The zero-order valence-electron chi connectivity index (χ0n) is 12.1. The Morgan fingerprint density at radius 2 is 1.70 bits per heavy atom. The van der Waals surface area contributed by atoms with Crippen LogP contribution in [-0.2, 0) is 10.0 Å². The van der Waals surface area contributed by atoms with Crippen LogP contribution >= 0.6 is 22.6 Å². The predicted molar refractivity (Wildman–Crippen MR) is 96.3 cm³/mol. The van der Waals surface area contributed by atoms with Crippen LogP contribution in [0.5, 0.6) is 5.75 Å². The van der Waals surface area contributed by atoms with Gasteiger partial charge >= 0.3 is 5.97 Å². The van der Waals surface area contributed by atoms with Gasteiger partial charge in [0.15, 0.2) is 0 Å². The van der Waals surface area contributed by atoms with E-state index in [1.165, 1.54) is 4.31 Å². The van der Waals surface area contributed by atoms with Crippen LogP contribution in [0.4, 0.5) is 5.69 Å². The molecule has 0 saturated carbocycles. The number of benzene rings is 2. The minimum absolute atomic E-state index is 0.170. The molecule has 1 heterocycles. The maximum atomic E-state index is 12.1. The van der Waals surface area contributed by atoms with Crippen molar-refractivity contribution in [3.63, 3.8) is 0 Å². The van der Waals surface area contributed by atoms with Gasteiger partial charge in [0.25, 0.3) is 0 Å². The highest BCUT2D eigenvalue weighted by Crippen LogP contribution is 2.24. The van der Waals surface area contributed by atoms with Gasteiger partial charge in [-0.05, 0) is 77.5 Å². The van der Waals surface area contributed by atoms with Crippen LogP contribution in [0.25, 0.3) is 0 Å². The molecule has 0 spiro atoms. The Labute approximate surface area is 148 Å². The van der Waals surface area contributed by atoms with Crippen molar-refractivity contribution in [2.75, 3.05) is 16.6 Å². The molecule has 0 amide bonds. The Kier molecular flexibility index (Phi) is 4.58. The maximum absolute atomic E-state index is 12.1. The quantitative estimate of drug-likeness (QED) is 0.416. The van der Waals surface area contributed by atoms with Crippen LogP contribution in [0.3, 0.4) is 0 Å². The van der Waals surface area contributed by atoms with E-state index < -0.39 is 16.0 Å². The van der Waals surface area contributed by atoms with E-state index in [1.54, 1.807) is 36.4 Å². The first-order valence-corrected chi connectivity index (χ1v) is 9.73. The summed E-state index contributed by atoms with van der Waals surface area (Å²) in [7, 11) is -3.21. The maximum Gasteiger partial charge on any atom is 0.343 e. The average Bonchev–Trinajstić information content (AvgIpc) is 2.89. The molecule has 1 aliphatic heterocycles. The molecule has 0 radical (unpaired) electrons. The molecule has 0 aliphatic carbocycles. The number of sulfonamides is 1. The first kappa shape index (κ1) is 16.3. The van der Waals surface area contributed by atoms with E-state index >= 15 is 0 Å². The predicted octanol–water partition coefficient (Wildman–Crippen LogP) is 3.05. The summed E-state index contributed by atoms with van der Waals surface area (Å²) >= 11 is 2.17. The van der Waals surface area contributed by atoms with E-state index in [2.05, 4.69) is 22.6 Å². The van der Waals surface area contributed by atoms with E-state index in [0.717, 1.165) is 3.57 Å². The minimum atomic E-state index is -3.21. The van der Waals surface area contributed by atoms with Crippen molar-refractivity contribution in [2.45, 2.75) is 6.42 Å². The van der Waals surface area contributed by atoms with Crippen molar-refractivity contribution in [2.24, 2.45) is 0 Å². The van der Waals surface area contributed by atoms with E-state index in [4.69, 9.17) is 4.74 Å². The summed E-state index contributed by atoms with van der Waals surface area (Å²) in [5.74, 6) is 0.174. The van der Waals surface area contributed by atoms with Crippen LogP contribution in [0.2, 0.25) is 0 Å². The molecule has 23 heavy (non-hydrogen) atoms. The van der Waals surface area contributed by atoms with Gasteiger partial charge in [-0.3, -0.25) is 4.31 Å². The number of anilines is 1. The number of hydrogen-bond acceptors (Lipinski definition) is 4. The number of esters is 1. The standard InChI is InChI=1S/C16H14INO4S/c17-13-4-8-15(9-5-13)22-16(19)12-2-6-14(7-3-12)18-10-1-11-23(18,20)21/h2-9H,1,10-11H2. The Balaban J connectivity index is 1.74. The van der Waals surface area contributed by atoms with E-state index in [1.807, 2.05) is 12.1 Å². The normalized spacial score (nSPS) is 16.3. The van der Waals surface area contributed by atoms with Gasteiger partial charge in [-0.15, -0.1) is 0 Å². The molecule has 1 saturated heterocycles. The fraction of sp³-hybridized carbons (Fsp3) is 0.188. The number of carbonyl (C=O) groups excluding carboxylic acids is 1. The summed E-state index contributed by atoms with van der Waals surface area (Å²) in [4.78, 5) is 12.1. The number of carbonyl (C=O) groups is 1. The topological polar surface area (TPSA) is 63.7 Å². The number of ether oxygens (including phenoxy) is 1. The molecule has 0 aromatic heterocycles. The number of hydrogen-bond donors (Lipinski definition) is 0. The zero-order valence-corrected chi connectivity index (χ0v) is 15.1. The van der Waals surface area contributed by atoms with Gasteiger partial charge in [0.2, 0.25) is 10.0 Å². The van der Waals surface area contributed by atoms with Crippen LogP contribution < -0.4 is 9.04 Å². The SMILES string of the molecule is O=C(Oc1ccc(I)cc1)c1ccc(N2CCCS2(=O)=O)cc1. The zero-order chi connectivity index (χ0) is 16.4. The fourth-order valence-corrected chi connectivity index (χ4v) is 4.29. The van der Waals surface area contributed by atoms with Crippen molar-refractivity contribution >= 4 is 44.3 Å². The summed E-state index contributed by atoms with van der Waals surface area (Å²) in [6.07, 6.45) is 0.624. The third kappa shape index (κ3) is 3.66. The molecule has 1 aliphatic rings. The highest BCUT2D eigenvalue weighted by atomic mass is 127. The third-order valence-corrected chi connectivity index (χ3v) is 6.10. The lowest BCUT2D eigenvalue weighted by molar-refractivity contribution is 0.0735. The van der Waals surface area contributed by atoms with Crippen LogP contribution in [0.1, 0.15) is 16.8 Å². The summed E-state index contributed by atoms with van der Waals surface area (Å²) in [6, 6.07) is 13.6. The second-order valence-electron chi connectivity index (χ2n) is 5.13. The molecule has 2 aromatic carbocycles. The third-order valence-electron chi connectivity index (χ3n) is 3.51. The van der Waals surface area contributed by atoms with Crippen molar-refractivity contribution < 1.29 is 17.9 Å². The Morgan fingerprint density at radius 1 is 1.04 bits per heavy atom. The van der Waals surface area contributed by atoms with Crippen molar-refractivity contribution in [1.82, 2.24) is 0 Å². The molecule has 2 aromatic rings. The Morgan fingerprint density at radius 3 is 2.26 bits per heavy atom. The largest absolute Gasteiger partial charge is 0.423 e. The molecule has 0 unspecified atom stereocenters. The summed E-state index contributed by atoms with van der Waals surface area (Å²) < 4.78 is 31.5. The molecule has 0 bridgehead atoms. The van der Waals surface area contributed by atoms with E-state index in [0.29, 0.717) is 30.0 Å². The lowest BCUT2D eigenvalue weighted by Crippen LogP contribution is -2.25. The van der Waals surface area contributed by atoms with E-state index in [9.17, 15) is 13.2 Å². The van der Waals surface area contributed by atoms with E-state index in [-0.39, 0.29) is 5.75 Å². The highest BCUT2D eigenvalue weighted by Gasteiger charge is 2.28. The molecule has 0 N–H and O–H groups in total. The summed E-state index contributed by atoms with van der Waals surface area (Å²) in [5.41, 5.74) is 0.956. The fourth-order valence-electron chi connectivity index (χ4n) is 2.36. The molecule has 120 valence electrons. The summed E-state index contributed by atoms with van der Waals surface area (Å²) in [6.45, 7) is 0.481. The highest BCUT2D eigenvalue weighted by molar-refractivity contribution is 14.1. The Hall–Kier alpha value is -1.61. The molecule has 0 atom stereocenters. The summed E-state index contributed by atoms with van der Waals surface area (Å²) in [5, 5.41) is 0. The van der Waals surface area contributed by atoms with Gasteiger partial charge in [-0.2, -0.15) is 0 Å². The van der Waals surface area contributed by atoms with Crippen molar-refractivity contribution in [3.8, 4) is 5.75 Å². The Bertz CT molecular complexity index is 816. The van der Waals surface area contributed by atoms with Gasteiger partial charge in [-0.25, -0.2) is 13.2 Å². The second-order valence-corrected chi connectivity index (χ2v) is 8.39. The molecule has 1 fully saturated rings. The van der Waals surface area contributed by atoms with Gasteiger partial charge in [0.05, 0.1) is 17.0 Å². The van der Waals surface area contributed by atoms with Crippen LogP contribution in [0.15, 0.2) is 48.5 Å². The number of nitrogens with zero attached hydrogens (tertiary/aromatic N) is 1. The first-order valence-electron chi connectivity index (χ1n) is 7.04. The molecule has 5 nitrogen and oxygen atoms in total. The van der Waals surface area contributed by atoms with Crippen LogP contribution in [-0.4, -0.2) is 26.7 Å². The lowest BCUT2D eigenvalue weighted by atomic mass is 10.2.